The van der Waals surface area contributed by atoms with E-state index in [9.17, 15) is 0 Å². The van der Waals surface area contributed by atoms with E-state index >= 15 is 0 Å². The first-order chi connectivity index (χ1) is 7.79. The first-order valence-corrected chi connectivity index (χ1v) is 7.35. The first kappa shape index (κ1) is 12.2. The lowest BCUT2D eigenvalue weighted by atomic mass is 9.87. The molecule has 3 heteroatoms. The largest absolute Gasteiger partial charge is 0.335 e. The predicted molar refractivity (Wildman–Crippen MR) is 70.9 cm³/mol. The number of halogens is 1. The van der Waals surface area contributed by atoms with Crippen molar-refractivity contribution in [3.05, 3.63) is 18.2 Å². The topological polar surface area (TPSA) is 17.8 Å². The summed E-state index contributed by atoms with van der Waals surface area (Å²) in [6.07, 6.45) is 11.8. The van der Waals surface area contributed by atoms with E-state index in [1.165, 1.54) is 37.9 Å². The van der Waals surface area contributed by atoms with Crippen LogP contribution in [0.15, 0.2) is 12.4 Å². The molecule has 1 aliphatic carbocycles. The van der Waals surface area contributed by atoms with Crippen LogP contribution in [0, 0.1) is 5.92 Å². The molecule has 1 fully saturated rings. The van der Waals surface area contributed by atoms with Gasteiger partial charge in [-0.2, -0.15) is 0 Å². The van der Waals surface area contributed by atoms with E-state index < -0.39 is 0 Å². The molecule has 0 aromatic carbocycles. The van der Waals surface area contributed by atoms with Crippen molar-refractivity contribution in [2.75, 3.05) is 0 Å². The van der Waals surface area contributed by atoms with E-state index in [-0.39, 0.29) is 0 Å². The van der Waals surface area contributed by atoms with Gasteiger partial charge < -0.3 is 4.57 Å². The fourth-order valence-corrected chi connectivity index (χ4v) is 3.50. The minimum absolute atomic E-state index is 0.737. The summed E-state index contributed by atoms with van der Waals surface area (Å²) >= 11 is 3.75. The number of hydrogen-bond donors (Lipinski definition) is 0. The first-order valence-electron chi connectivity index (χ1n) is 6.43. The van der Waals surface area contributed by atoms with Crippen LogP contribution in [0.4, 0.5) is 0 Å². The number of aryl methyl sites for hydroxylation is 1. The maximum Gasteiger partial charge on any atom is 0.108 e. The van der Waals surface area contributed by atoms with Crippen LogP contribution in [-0.2, 0) is 13.0 Å². The standard InChI is InChI=1S/C13H21BrN2/c1-2-7-16-8-6-15-13(16)10-11-4-3-5-12(14)9-11/h6,8,11-12H,2-5,7,9-10H2,1H3. The lowest BCUT2D eigenvalue weighted by molar-refractivity contribution is 0.358. The minimum atomic E-state index is 0.737. The zero-order valence-electron chi connectivity index (χ0n) is 10.0. The van der Waals surface area contributed by atoms with Crippen LogP contribution in [0.2, 0.25) is 0 Å². The Labute approximate surface area is 107 Å². The summed E-state index contributed by atoms with van der Waals surface area (Å²) in [5, 5.41) is 0. The van der Waals surface area contributed by atoms with E-state index in [0.717, 1.165) is 23.7 Å². The second-order valence-corrected chi connectivity index (χ2v) is 6.17. The highest BCUT2D eigenvalue weighted by Crippen LogP contribution is 2.30. The molecule has 0 aliphatic heterocycles. The van der Waals surface area contributed by atoms with Gasteiger partial charge in [-0.1, -0.05) is 29.3 Å². The highest BCUT2D eigenvalue weighted by atomic mass is 79.9. The number of rotatable bonds is 4. The van der Waals surface area contributed by atoms with E-state index in [0.29, 0.717) is 0 Å². The van der Waals surface area contributed by atoms with Crippen LogP contribution in [-0.4, -0.2) is 14.4 Å². The molecule has 2 rings (SSSR count). The van der Waals surface area contributed by atoms with Gasteiger partial charge in [0.1, 0.15) is 5.82 Å². The zero-order chi connectivity index (χ0) is 11.4. The summed E-state index contributed by atoms with van der Waals surface area (Å²) in [5.41, 5.74) is 0. The number of hydrogen-bond acceptors (Lipinski definition) is 1. The number of aromatic nitrogens is 2. The van der Waals surface area contributed by atoms with Crippen LogP contribution >= 0.6 is 15.9 Å². The molecule has 1 heterocycles. The maximum absolute atomic E-state index is 4.50. The van der Waals surface area contributed by atoms with Gasteiger partial charge in [0.05, 0.1) is 0 Å². The summed E-state index contributed by atoms with van der Waals surface area (Å²) in [6.45, 7) is 3.33. The molecule has 0 N–H and O–H groups in total. The summed E-state index contributed by atoms with van der Waals surface area (Å²) in [6, 6.07) is 0. The molecule has 2 unspecified atom stereocenters. The van der Waals surface area contributed by atoms with Crippen LogP contribution in [0.1, 0.15) is 44.9 Å². The van der Waals surface area contributed by atoms with Gasteiger partial charge in [0, 0.05) is 30.2 Å². The molecule has 2 atom stereocenters. The van der Waals surface area contributed by atoms with Crippen molar-refractivity contribution in [2.24, 2.45) is 5.92 Å². The third-order valence-electron chi connectivity index (χ3n) is 3.46. The van der Waals surface area contributed by atoms with Crippen molar-refractivity contribution in [3.63, 3.8) is 0 Å². The van der Waals surface area contributed by atoms with Gasteiger partial charge >= 0.3 is 0 Å². The molecule has 1 aliphatic rings. The lowest BCUT2D eigenvalue weighted by Gasteiger charge is -2.25. The third kappa shape index (κ3) is 3.09. The quantitative estimate of drug-likeness (QED) is 0.770. The van der Waals surface area contributed by atoms with Gasteiger partial charge in [-0.05, 0) is 31.6 Å². The second-order valence-electron chi connectivity index (χ2n) is 4.87. The molecule has 1 aromatic heterocycles. The smallest absolute Gasteiger partial charge is 0.108 e. The van der Waals surface area contributed by atoms with Crippen molar-refractivity contribution in [2.45, 2.75) is 56.8 Å². The van der Waals surface area contributed by atoms with E-state index in [1.54, 1.807) is 0 Å². The van der Waals surface area contributed by atoms with Crippen LogP contribution in [0.25, 0.3) is 0 Å². The summed E-state index contributed by atoms with van der Waals surface area (Å²) in [7, 11) is 0. The Hall–Kier alpha value is -0.310. The van der Waals surface area contributed by atoms with Crippen molar-refractivity contribution >= 4 is 15.9 Å². The van der Waals surface area contributed by atoms with Crippen molar-refractivity contribution in [1.29, 1.82) is 0 Å². The zero-order valence-corrected chi connectivity index (χ0v) is 11.6. The van der Waals surface area contributed by atoms with Gasteiger partial charge in [-0.15, -0.1) is 0 Å². The van der Waals surface area contributed by atoms with Crippen LogP contribution in [0.3, 0.4) is 0 Å². The highest BCUT2D eigenvalue weighted by Gasteiger charge is 2.21. The van der Waals surface area contributed by atoms with E-state index in [4.69, 9.17) is 0 Å². The Balaban J connectivity index is 1.94. The Kier molecular flexibility index (Phi) is 4.45. The summed E-state index contributed by atoms with van der Waals surface area (Å²) < 4.78 is 2.32. The molecule has 0 saturated heterocycles. The van der Waals surface area contributed by atoms with Crippen LogP contribution in [0.5, 0.6) is 0 Å². The fraction of sp³-hybridized carbons (Fsp3) is 0.769. The third-order valence-corrected chi connectivity index (χ3v) is 4.29. The normalized spacial score (nSPS) is 25.9. The molecule has 1 saturated carbocycles. The van der Waals surface area contributed by atoms with Crippen molar-refractivity contribution < 1.29 is 0 Å². The van der Waals surface area contributed by atoms with E-state index in [1.807, 2.05) is 6.20 Å². The van der Waals surface area contributed by atoms with Gasteiger partial charge in [0.15, 0.2) is 0 Å². The fourth-order valence-electron chi connectivity index (χ4n) is 2.64. The number of alkyl halides is 1. The van der Waals surface area contributed by atoms with Gasteiger partial charge in [0.25, 0.3) is 0 Å². The Morgan fingerprint density at radius 1 is 1.50 bits per heavy atom. The van der Waals surface area contributed by atoms with E-state index in [2.05, 4.69) is 38.6 Å². The molecule has 0 amide bonds. The summed E-state index contributed by atoms with van der Waals surface area (Å²) in [5.74, 6) is 2.12. The summed E-state index contributed by atoms with van der Waals surface area (Å²) in [4.78, 5) is 5.24. The molecule has 2 nitrogen and oxygen atoms in total. The average Bonchev–Trinajstić information content (AvgIpc) is 2.66. The molecule has 0 radical (unpaired) electrons. The monoisotopic (exact) mass is 284 g/mol. The van der Waals surface area contributed by atoms with Crippen molar-refractivity contribution in [1.82, 2.24) is 9.55 Å². The highest BCUT2D eigenvalue weighted by molar-refractivity contribution is 9.09. The molecular weight excluding hydrogens is 264 g/mol. The lowest BCUT2D eigenvalue weighted by Crippen LogP contribution is -2.19. The maximum atomic E-state index is 4.50. The Morgan fingerprint density at radius 2 is 2.38 bits per heavy atom. The molecule has 90 valence electrons. The Morgan fingerprint density at radius 3 is 3.12 bits per heavy atom. The predicted octanol–water partition coefficient (Wildman–Crippen LogP) is 3.79. The minimum Gasteiger partial charge on any atom is -0.335 e. The van der Waals surface area contributed by atoms with Crippen molar-refractivity contribution in [3.8, 4) is 0 Å². The Bertz CT molecular complexity index is 321. The van der Waals surface area contributed by atoms with Gasteiger partial charge in [-0.25, -0.2) is 4.98 Å². The molecule has 1 aromatic rings. The molecule has 0 bridgehead atoms. The average molecular weight is 285 g/mol. The second kappa shape index (κ2) is 5.85. The van der Waals surface area contributed by atoms with Crippen LogP contribution < -0.4 is 0 Å². The van der Waals surface area contributed by atoms with Gasteiger partial charge in [-0.3, -0.25) is 0 Å². The SMILES string of the molecule is CCCn1ccnc1CC1CCCC(Br)C1. The molecular formula is C13H21BrN2. The molecule has 0 spiro atoms. The number of imidazole rings is 1. The van der Waals surface area contributed by atoms with Gasteiger partial charge in [0.2, 0.25) is 0 Å². The number of nitrogens with zero attached hydrogens (tertiary/aromatic N) is 2. The molecule has 16 heavy (non-hydrogen) atoms.